The van der Waals surface area contributed by atoms with Crippen molar-refractivity contribution in [1.82, 2.24) is 4.57 Å². The molecule has 0 atom stereocenters. The van der Waals surface area contributed by atoms with Gasteiger partial charge < -0.3 is 9.47 Å². The number of benzene rings is 11. The summed E-state index contributed by atoms with van der Waals surface area (Å²) in [6.07, 6.45) is 0. The second-order valence-electron chi connectivity index (χ2n) is 17.2. The van der Waals surface area contributed by atoms with E-state index in [0.717, 1.165) is 61.6 Å². The van der Waals surface area contributed by atoms with Crippen LogP contribution in [0.4, 0.5) is 17.1 Å². The summed E-state index contributed by atoms with van der Waals surface area (Å²) in [6, 6.07) is 101. The maximum absolute atomic E-state index is 2.50. The van der Waals surface area contributed by atoms with Gasteiger partial charge in [-0.25, -0.2) is 0 Å². The van der Waals surface area contributed by atoms with Crippen molar-refractivity contribution < 1.29 is 0 Å². The minimum absolute atomic E-state index is 1.05. The third kappa shape index (κ3) is 7.35. The molecular formula is C66H46N2. The number of rotatable bonds is 10. The molecule has 2 heteroatoms. The fourth-order valence-electron chi connectivity index (χ4n) is 10.1. The normalized spacial score (nSPS) is 11.2. The molecule has 0 radical (unpaired) electrons. The van der Waals surface area contributed by atoms with Crippen LogP contribution >= 0.6 is 0 Å². The number of nitrogens with zero attached hydrogens (tertiary/aromatic N) is 2. The van der Waals surface area contributed by atoms with Crippen molar-refractivity contribution in [1.29, 1.82) is 0 Å². The van der Waals surface area contributed by atoms with Gasteiger partial charge in [-0.1, -0.05) is 237 Å². The van der Waals surface area contributed by atoms with Gasteiger partial charge in [-0.05, 0) is 98.1 Å². The predicted molar refractivity (Wildman–Crippen MR) is 288 cm³/mol. The van der Waals surface area contributed by atoms with Crippen molar-refractivity contribution in [3.8, 4) is 72.4 Å². The van der Waals surface area contributed by atoms with E-state index in [4.69, 9.17) is 0 Å². The number of hydrogen-bond donors (Lipinski definition) is 0. The Morgan fingerprint density at radius 3 is 1.25 bits per heavy atom. The van der Waals surface area contributed by atoms with Gasteiger partial charge in [0, 0.05) is 39.0 Å². The van der Waals surface area contributed by atoms with Crippen LogP contribution in [0.5, 0.6) is 0 Å². The second-order valence-corrected chi connectivity index (χ2v) is 17.2. The second kappa shape index (κ2) is 17.8. The fourth-order valence-corrected chi connectivity index (χ4v) is 10.1. The topological polar surface area (TPSA) is 8.17 Å². The van der Waals surface area contributed by atoms with Gasteiger partial charge in [0.25, 0.3) is 0 Å². The molecule has 0 amide bonds. The summed E-state index contributed by atoms with van der Waals surface area (Å²) >= 11 is 0. The third-order valence-electron chi connectivity index (χ3n) is 13.2. The molecule has 0 fully saturated rings. The molecular weight excluding hydrogens is 821 g/mol. The van der Waals surface area contributed by atoms with Gasteiger partial charge in [-0.2, -0.15) is 0 Å². The van der Waals surface area contributed by atoms with Crippen molar-refractivity contribution in [2.24, 2.45) is 0 Å². The highest BCUT2D eigenvalue weighted by atomic mass is 15.2. The van der Waals surface area contributed by atoms with Crippen molar-refractivity contribution in [2.45, 2.75) is 0 Å². The van der Waals surface area contributed by atoms with Crippen LogP contribution in [0.1, 0.15) is 0 Å². The van der Waals surface area contributed by atoms with Crippen LogP contribution < -0.4 is 4.90 Å². The molecule has 0 unspecified atom stereocenters. The van der Waals surface area contributed by atoms with Crippen molar-refractivity contribution in [3.63, 3.8) is 0 Å². The third-order valence-corrected chi connectivity index (χ3v) is 13.2. The molecule has 0 aliphatic carbocycles. The Bertz CT molecular complexity index is 3690. The Morgan fingerprint density at radius 1 is 0.250 bits per heavy atom. The molecule has 0 saturated carbocycles. The van der Waals surface area contributed by atoms with E-state index in [9.17, 15) is 0 Å². The van der Waals surface area contributed by atoms with E-state index in [1.54, 1.807) is 0 Å². The summed E-state index contributed by atoms with van der Waals surface area (Å²) in [5.74, 6) is 0. The van der Waals surface area contributed by atoms with E-state index in [-0.39, 0.29) is 0 Å². The average molecular weight is 867 g/mol. The van der Waals surface area contributed by atoms with Crippen LogP contribution in [-0.2, 0) is 0 Å². The van der Waals surface area contributed by atoms with Crippen molar-refractivity contribution >= 4 is 38.9 Å². The lowest BCUT2D eigenvalue weighted by molar-refractivity contribution is 1.18. The van der Waals surface area contributed by atoms with E-state index < -0.39 is 0 Å². The van der Waals surface area contributed by atoms with Crippen LogP contribution in [-0.4, -0.2) is 4.57 Å². The molecule has 12 rings (SSSR count). The van der Waals surface area contributed by atoms with E-state index in [0.29, 0.717) is 0 Å². The number of anilines is 3. The Hall–Kier alpha value is -8.98. The van der Waals surface area contributed by atoms with E-state index in [2.05, 4.69) is 289 Å². The molecule has 1 aromatic heterocycles. The summed E-state index contributed by atoms with van der Waals surface area (Å²) in [7, 11) is 0. The first-order valence-electron chi connectivity index (χ1n) is 23.3. The smallest absolute Gasteiger partial charge is 0.0624 e. The first-order valence-corrected chi connectivity index (χ1v) is 23.3. The minimum Gasteiger partial charge on any atom is -0.309 e. The number of para-hydroxylation sites is 2. The Balaban J connectivity index is 1.13. The Labute approximate surface area is 397 Å². The molecule has 0 bridgehead atoms. The van der Waals surface area contributed by atoms with Crippen LogP contribution in [0.15, 0.2) is 279 Å². The quantitative estimate of drug-likeness (QED) is 0.133. The largest absolute Gasteiger partial charge is 0.309 e. The van der Waals surface area contributed by atoms with Gasteiger partial charge in [-0.15, -0.1) is 0 Å². The Morgan fingerprint density at radius 2 is 0.662 bits per heavy atom. The lowest BCUT2D eigenvalue weighted by Gasteiger charge is -2.32. The van der Waals surface area contributed by atoms with Gasteiger partial charge in [0.05, 0.1) is 16.7 Å². The highest BCUT2D eigenvalue weighted by Crippen LogP contribution is 2.51. The van der Waals surface area contributed by atoms with Gasteiger partial charge in [0.15, 0.2) is 0 Å². The molecule has 0 N–H and O–H groups in total. The highest BCUT2D eigenvalue weighted by molar-refractivity contribution is 6.11. The monoisotopic (exact) mass is 866 g/mol. The number of hydrogen-bond acceptors (Lipinski definition) is 1. The van der Waals surface area contributed by atoms with E-state index in [1.807, 2.05) is 0 Å². The molecule has 320 valence electrons. The minimum atomic E-state index is 1.05. The van der Waals surface area contributed by atoms with Gasteiger partial charge in [0.2, 0.25) is 0 Å². The molecule has 0 spiro atoms. The molecule has 68 heavy (non-hydrogen) atoms. The first kappa shape index (κ1) is 40.5. The lowest BCUT2D eigenvalue weighted by atomic mass is 9.87. The zero-order valence-electron chi connectivity index (χ0n) is 37.5. The van der Waals surface area contributed by atoms with E-state index >= 15 is 0 Å². The molecule has 12 aromatic rings. The zero-order chi connectivity index (χ0) is 45.2. The molecule has 11 aromatic carbocycles. The summed E-state index contributed by atoms with van der Waals surface area (Å²) < 4.78 is 2.41. The van der Waals surface area contributed by atoms with Gasteiger partial charge in [0.1, 0.15) is 0 Å². The molecule has 0 aliphatic rings. The van der Waals surface area contributed by atoms with Crippen LogP contribution in [0.25, 0.3) is 94.3 Å². The van der Waals surface area contributed by atoms with Crippen LogP contribution in [0.2, 0.25) is 0 Å². The number of fused-ring (bicyclic) bond motifs is 3. The first-order chi connectivity index (χ1) is 33.8. The maximum atomic E-state index is 2.50. The SMILES string of the molecule is c1ccc(-c2ccccc2-c2ccccc2-c2ccc(N(c3ccc4c5ccccc5n(-c5ccccc5)c4c3)c3c(-c4ccccc4)ccc(-c4ccccc4)c3-c3ccccc3)cc2)cc1. The van der Waals surface area contributed by atoms with Crippen molar-refractivity contribution in [3.05, 3.63) is 279 Å². The summed E-state index contributed by atoms with van der Waals surface area (Å²) in [5, 5.41) is 2.43. The maximum Gasteiger partial charge on any atom is 0.0624 e. The molecule has 0 aliphatic heterocycles. The fraction of sp³-hybridized carbons (Fsp3) is 0. The van der Waals surface area contributed by atoms with Gasteiger partial charge in [-0.3, -0.25) is 0 Å². The van der Waals surface area contributed by atoms with Crippen LogP contribution in [0, 0.1) is 0 Å². The highest BCUT2D eigenvalue weighted by Gasteiger charge is 2.26. The summed E-state index contributed by atoms with van der Waals surface area (Å²) in [6.45, 7) is 0. The zero-order valence-corrected chi connectivity index (χ0v) is 37.5. The Kier molecular flexibility index (Phi) is 10.6. The molecule has 0 saturated heterocycles. The van der Waals surface area contributed by atoms with Crippen LogP contribution in [0.3, 0.4) is 0 Å². The standard InChI is InChI=1S/C66H46N2/c1-6-22-47(23-7-1)55-32-16-18-34-59(55)60-35-19-17-33-56(60)50-38-40-53(41-39-50)67(54-42-43-62-61-36-20-21-37-63(61)68(64(62)46-54)52-30-14-5-15-31-52)66-58(49-26-10-3-11-27-49)45-44-57(48-24-8-2-9-25-48)65(66)51-28-12-4-13-29-51/h1-46H. The lowest BCUT2D eigenvalue weighted by Crippen LogP contribution is -2.13. The van der Waals surface area contributed by atoms with E-state index in [1.165, 1.54) is 49.7 Å². The van der Waals surface area contributed by atoms with Gasteiger partial charge >= 0.3 is 0 Å². The molecule has 2 nitrogen and oxygen atoms in total. The molecule has 1 heterocycles. The average Bonchev–Trinajstić information content (AvgIpc) is 3.76. The predicted octanol–water partition coefficient (Wildman–Crippen LogP) is 18.3. The summed E-state index contributed by atoms with van der Waals surface area (Å²) in [5.41, 5.74) is 20.7. The van der Waals surface area contributed by atoms with Crippen molar-refractivity contribution in [2.75, 3.05) is 4.90 Å². The number of aromatic nitrogens is 1. The summed E-state index contributed by atoms with van der Waals surface area (Å²) in [4.78, 5) is 2.50.